The monoisotopic (exact) mass is 309 g/mol. The Labute approximate surface area is 126 Å². The largest absolute Gasteiger partial charge is 0.349 e. The van der Waals surface area contributed by atoms with Crippen LogP contribution in [-0.2, 0) is 14.6 Å². The molecule has 1 amide bonds. The topological polar surface area (TPSA) is 63.2 Å². The Morgan fingerprint density at radius 3 is 2.48 bits per heavy atom. The summed E-state index contributed by atoms with van der Waals surface area (Å²) >= 11 is 0. The van der Waals surface area contributed by atoms with Crippen LogP contribution in [0.3, 0.4) is 0 Å². The minimum absolute atomic E-state index is 0.0119. The molecule has 2 atom stereocenters. The van der Waals surface area contributed by atoms with Crippen molar-refractivity contribution in [1.82, 2.24) is 5.32 Å². The summed E-state index contributed by atoms with van der Waals surface area (Å²) < 4.78 is 23.0. The van der Waals surface area contributed by atoms with Gasteiger partial charge in [-0.1, -0.05) is 44.2 Å². The predicted octanol–water partition coefficient (Wildman–Crippen LogP) is 2.32. The minimum Gasteiger partial charge on any atom is -0.349 e. The summed E-state index contributed by atoms with van der Waals surface area (Å²) in [6, 6.07) is 9.80. The van der Waals surface area contributed by atoms with Gasteiger partial charge in [0.05, 0.1) is 23.5 Å². The number of hydrogen-bond acceptors (Lipinski definition) is 3. The summed E-state index contributed by atoms with van der Waals surface area (Å²) in [6.07, 6.45) is 1.28. The standard InChI is InChI=1S/C16H23NO3S/c1-12(2)10-15(13-6-4-3-5-7-13)17-16(18)14-8-9-21(19,20)11-14/h3-7,12,14-15H,8-11H2,1-2H3,(H,17,18)/t14-,15+/m0/s1. The van der Waals surface area contributed by atoms with Crippen LogP contribution in [0.1, 0.15) is 38.3 Å². The van der Waals surface area contributed by atoms with E-state index in [1.165, 1.54) is 0 Å². The van der Waals surface area contributed by atoms with Crippen LogP contribution in [0.2, 0.25) is 0 Å². The van der Waals surface area contributed by atoms with Gasteiger partial charge in [-0.15, -0.1) is 0 Å². The number of benzene rings is 1. The number of carbonyl (C=O) groups excluding carboxylic acids is 1. The zero-order valence-electron chi connectivity index (χ0n) is 12.6. The van der Waals surface area contributed by atoms with Crippen molar-refractivity contribution in [3.63, 3.8) is 0 Å². The van der Waals surface area contributed by atoms with E-state index >= 15 is 0 Å². The van der Waals surface area contributed by atoms with Crippen LogP contribution in [0.25, 0.3) is 0 Å². The van der Waals surface area contributed by atoms with Crippen molar-refractivity contribution in [3.8, 4) is 0 Å². The third kappa shape index (κ3) is 4.56. The van der Waals surface area contributed by atoms with E-state index in [-0.39, 0.29) is 23.5 Å². The van der Waals surface area contributed by atoms with Crippen molar-refractivity contribution in [3.05, 3.63) is 35.9 Å². The molecule has 0 aromatic heterocycles. The van der Waals surface area contributed by atoms with Crippen molar-refractivity contribution < 1.29 is 13.2 Å². The van der Waals surface area contributed by atoms with E-state index in [0.29, 0.717) is 12.3 Å². The first kappa shape index (κ1) is 16.0. The highest BCUT2D eigenvalue weighted by atomic mass is 32.2. The quantitative estimate of drug-likeness (QED) is 0.908. The number of sulfone groups is 1. The molecule has 0 unspecified atom stereocenters. The highest BCUT2D eigenvalue weighted by Crippen LogP contribution is 2.24. The van der Waals surface area contributed by atoms with Gasteiger partial charge in [0.25, 0.3) is 0 Å². The number of rotatable bonds is 5. The summed E-state index contributed by atoms with van der Waals surface area (Å²) in [5, 5.41) is 3.04. The van der Waals surface area contributed by atoms with Crippen LogP contribution < -0.4 is 5.32 Å². The maximum atomic E-state index is 12.3. The first-order chi connectivity index (χ1) is 9.87. The lowest BCUT2D eigenvalue weighted by molar-refractivity contribution is -0.125. The van der Waals surface area contributed by atoms with Crippen LogP contribution in [0, 0.1) is 11.8 Å². The van der Waals surface area contributed by atoms with Gasteiger partial charge < -0.3 is 5.32 Å². The van der Waals surface area contributed by atoms with Crippen LogP contribution >= 0.6 is 0 Å². The van der Waals surface area contributed by atoms with Crippen LogP contribution in [0.15, 0.2) is 30.3 Å². The minimum atomic E-state index is -3.02. The van der Waals surface area contributed by atoms with E-state index in [9.17, 15) is 13.2 Å². The molecule has 21 heavy (non-hydrogen) atoms. The Kier molecular flexibility index (Phi) is 5.04. The van der Waals surface area contributed by atoms with Gasteiger partial charge in [0, 0.05) is 0 Å². The maximum absolute atomic E-state index is 12.3. The average Bonchev–Trinajstić information content (AvgIpc) is 2.79. The van der Waals surface area contributed by atoms with Gasteiger partial charge in [0.15, 0.2) is 9.84 Å². The van der Waals surface area contributed by atoms with Gasteiger partial charge in [-0.05, 0) is 24.3 Å². The van der Waals surface area contributed by atoms with Crippen LogP contribution in [0.5, 0.6) is 0 Å². The third-order valence-corrected chi connectivity index (χ3v) is 5.60. The molecule has 1 aromatic carbocycles. The second-order valence-electron chi connectivity index (χ2n) is 6.20. The second kappa shape index (κ2) is 6.60. The molecule has 1 aliphatic heterocycles. The van der Waals surface area contributed by atoms with Gasteiger partial charge in [0.2, 0.25) is 5.91 Å². The fraction of sp³-hybridized carbons (Fsp3) is 0.562. The Morgan fingerprint density at radius 2 is 1.95 bits per heavy atom. The highest BCUT2D eigenvalue weighted by molar-refractivity contribution is 7.91. The molecule has 116 valence electrons. The molecule has 0 aliphatic carbocycles. The summed E-state index contributed by atoms with van der Waals surface area (Å²) in [5.74, 6) is 0.0367. The Bertz CT molecular complexity index is 581. The van der Waals surface area contributed by atoms with Crippen LogP contribution in [-0.4, -0.2) is 25.8 Å². The molecule has 1 fully saturated rings. The lowest BCUT2D eigenvalue weighted by atomic mass is 9.96. The van der Waals surface area contributed by atoms with Crippen LogP contribution in [0.4, 0.5) is 0 Å². The van der Waals surface area contributed by atoms with Gasteiger partial charge in [-0.25, -0.2) is 8.42 Å². The van der Waals surface area contributed by atoms with Crippen molar-refractivity contribution >= 4 is 15.7 Å². The zero-order valence-corrected chi connectivity index (χ0v) is 13.4. The smallest absolute Gasteiger partial charge is 0.224 e. The molecule has 0 saturated carbocycles. The normalized spacial score (nSPS) is 22.1. The molecule has 0 spiro atoms. The Balaban J connectivity index is 2.07. The van der Waals surface area contributed by atoms with Crippen molar-refractivity contribution in [2.45, 2.75) is 32.7 Å². The Hall–Kier alpha value is -1.36. The van der Waals surface area contributed by atoms with Gasteiger partial charge in [0.1, 0.15) is 0 Å². The predicted molar refractivity (Wildman–Crippen MR) is 83.5 cm³/mol. The van der Waals surface area contributed by atoms with Crippen molar-refractivity contribution in [2.24, 2.45) is 11.8 Å². The number of amides is 1. The molecule has 0 radical (unpaired) electrons. The highest BCUT2D eigenvalue weighted by Gasteiger charge is 2.33. The van der Waals surface area contributed by atoms with Gasteiger partial charge >= 0.3 is 0 Å². The van der Waals surface area contributed by atoms with Crippen molar-refractivity contribution in [1.29, 1.82) is 0 Å². The third-order valence-electron chi connectivity index (χ3n) is 3.83. The van der Waals surface area contributed by atoms with Gasteiger partial charge in [-0.2, -0.15) is 0 Å². The number of carbonyl (C=O) groups is 1. The second-order valence-corrected chi connectivity index (χ2v) is 8.43. The fourth-order valence-electron chi connectivity index (χ4n) is 2.73. The lowest BCUT2D eigenvalue weighted by Gasteiger charge is -2.22. The molecule has 0 bridgehead atoms. The molecule has 1 aliphatic rings. The number of nitrogens with one attached hydrogen (secondary N) is 1. The van der Waals surface area contributed by atoms with E-state index < -0.39 is 15.8 Å². The molecular formula is C16H23NO3S. The fourth-order valence-corrected chi connectivity index (χ4v) is 4.47. The Morgan fingerprint density at radius 1 is 1.29 bits per heavy atom. The van der Waals surface area contributed by atoms with E-state index in [1.54, 1.807) is 0 Å². The molecule has 4 nitrogen and oxygen atoms in total. The summed E-state index contributed by atoms with van der Waals surface area (Å²) in [4.78, 5) is 12.3. The van der Waals surface area contributed by atoms with Crippen molar-refractivity contribution in [2.75, 3.05) is 11.5 Å². The first-order valence-electron chi connectivity index (χ1n) is 7.43. The van der Waals surface area contributed by atoms with E-state index in [0.717, 1.165) is 12.0 Å². The zero-order chi connectivity index (χ0) is 15.5. The first-order valence-corrected chi connectivity index (χ1v) is 9.25. The number of hydrogen-bond donors (Lipinski definition) is 1. The SMILES string of the molecule is CC(C)C[C@@H](NC(=O)[C@H]1CCS(=O)(=O)C1)c1ccccc1. The molecule has 1 saturated heterocycles. The average molecular weight is 309 g/mol. The molecule has 5 heteroatoms. The van der Waals surface area contributed by atoms with Gasteiger partial charge in [-0.3, -0.25) is 4.79 Å². The summed E-state index contributed by atoms with van der Waals surface area (Å²) in [7, 11) is -3.02. The van der Waals surface area contributed by atoms with E-state index in [1.807, 2.05) is 30.3 Å². The molecular weight excluding hydrogens is 286 g/mol. The maximum Gasteiger partial charge on any atom is 0.224 e. The van der Waals surface area contributed by atoms with E-state index in [4.69, 9.17) is 0 Å². The van der Waals surface area contributed by atoms with E-state index in [2.05, 4.69) is 19.2 Å². The molecule has 1 heterocycles. The summed E-state index contributed by atoms with van der Waals surface area (Å²) in [5.41, 5.74) is 1.07. The lowest BCUT2D eigenvalue weighted by Crippen LogP contribution is -2.35. The molecule has 2 rings (SSSR count). The molecule has 1 aromatic rings. The molecule has 1 N–H and O–H groups in total. The summed E-state index contributed by atoms with van der Waals surface area (Å²) in [6.45, 7) is 4.23.